The van der Waals surface area contributed by atoms with Crippen molar-refractivity contribution in [2.24, 2.45) is 0 Å². The van der Waals surface area contributed by atoms with E-state index in [2.05, 4.69) is 5.32 Å². The molecule has 0 amide bonds. The van der Waals surface area contributed by atoms with Crippen molar-refractivity contribution >= 4 is 5.69 Å². The summed E-state index contributed by atoms with van der Waals surface area (Å²) in [5.41, 5.74) is 0.543. The zero-order chi connectivity index (χ0) is 14.7. The highest BCUT2D eigenvalue weighted by Gasteiger charge is 2.11. The zero-order valence-electron chi connectivity index (χ0n) is 10.1. The topological polar surface area (TPSA) is 35.8 Å². The molecule has 2 aromatic carbocycles. The van der Waals surface area contributed by atoms with E-state index in [1.165, 1.54) is 6.07 Å². The summed E-state index contributed by atoms with van der Waals surface area (Å²) in [6.45, 7) is -0.0333. The molecule has 1 N–H and O–H groups in total. The largest absolute Gasteiger partial charge is 0.380 e. The number of nitriles is 1. The molecule has 2 rings (SSSR count). The number of anilines is 1. The van der Waals surface area contributed by atoms with E-state index in [0.29, 0.717) is 5.69 Å². The molecular formula is C14H8F4N2. The first kappa shape index (κ1) is 13.9. The number of hydrogen-bond acceptors (Lipinski definition) is 2. The van der Waals surface area contributed by atoms with Crippen molar-refractivity contribution in [1.29, 1.82) is 5.26 Å². The van der Waals surface area contributed by atoms with Gasteiger partial charge in [0.15, 0.2) is 17.5 Å². The smallest absolute Gasteiger partial charge is 0.194 e. The monoisotopic (exact) mass is 280 g/mol. The van der Waals surface area contributed by atoms with Gasteiger partial charge in [-0.1, -0.05) is 0 Å². The fraction of sp³-hybridized carbons (Fsp3) is 0.0714. The van der Waals surface area contributed by atoms with Crippen molar-refractivity contribution < 1.29 is 17.6 Å². The van der Waals surface area contributed by atoms with Gasteiger partial charge in [-0.15, -0.1) is 0 Å². The maximum Gasteiger partial charge on any atom is 0.194 e. The molecule has 6 heteroatoms. The van der Waals surface area contributed by atoms with Gasteiger partial charge in [-0.2, -0.15) is 5.26 Å². The fourth-order valence-corrected chi connectivity index (χ4v) is 1.67. The normalized spacial score (nSPS) is 10.2. The first-order chi connectivity index (χ1) is 9.51. The molecule has 0 aliphatic rings. The van der Waals surface area contributed by atoms with Crippen LogP contribution in [0.1, 0.15) is 11.1 Å². The molecule has 0 radical (unpaired) electrons. The predicted molar refractivity (Wildman–Crippen MR) is 64.8 cm³/mol. The average Bonchev–Trinajstić information content (AvgIpc) is 2.43. The Bertz CT molecular complexity index is 669. The number of benzene rings is 2. The van der Waals surface area contributed by atoms with Gasteiger partial charge < -0.3 is 5.32 Å². The number of halogens is 4. The second kappa shape index (κ2) is 5.61. The molecule has 0 heterocycles. The Kier molecular flexibility index (Phi) is 3.89. The zero-order valence-corrected chi connectivity index (χ0v) is 10.1. The lowest BCUT2D eigenvalue weighted by Gasteiger charge is -2.09. The van der Waals surface area contributed by atoms with Gasteiger partial charge in [-0.3, -0.25) is 0 Å². The first-order valence-electron chi connectivity index (χ1n) is 5.58. The van der Waals surface area contributed by atoms with Crippen molar-refractivity contribution in [3.8, 4) is 6.07 Å². The number of rotatable bonds is 3. The average molecular weight is 280 g/mol. The second-order valence-corrected chi connectivity index (χ2v) is 4.03. The third kappa shape index (κ3) is 2.88. The van der Waals surface area contributed by atoms with Gasteiger partial charge in [-0.05, 0) is 35.9 Å². The van der Waals surface area contributed by atoms with Crippen LogP contribution in [-0.2, 0) is 6.54 Å². The molecule has 0 aromatic heterocycles. The minimum Gasteiger partial charge on any atom is -0.380 e. The number of nitrogens with zero attached hydrogens (tertiary/aromatic N) is 1. The van der Waals surface area contributed by atoms with Crippen molar-refractivity contribution in [3.05, 3.63) is 64.7 Å². The van der Waals surface area contributed by atoms with Crippen LogP contribution in [0.2, 0.25) is 0 Å². The van der Waals surface area contributed by atoms with Gasteiger partial charge in [0.1, 0.15) is 11.9 Å². The Morgan fingerprint density at radius 2 is 1.65 bits per heavy atom. The highest BCUT2D eigenvalue weighted by Crippen LogP contribution is 2.18. The van der Waals surface area contributed by atoms with E-state index in [1.54, 1.807) is 6.07 Å². The molecule has 2 nitrogen and oxygen atoms in total. The molecule has 0 unspecified atom stereocenters. The minimum absolute atomic E-state index is 0.0333. The first-order valence-corrected chi connectivity index (χ1v) is 5.58. The van der Waals surface area contributed by atoms with E-state index < -0.39 is 23.3 Å². The van der Waals surface area contributed by atoms with Crippen molar-refractivity contribution in [2.45, 2.75) is 6.54 Å². The fourth-order valence-electron chi connectivity index (χ4n) is 1.67. The lowest BCUT2D eigenvalue weighted by molar-refractivity contribution is 0.445. The van der Waals surface area contributed by atoms with Gasteiger partial charge in [0.2, 0.25) is 0 Å². The Hall–Kier alpha value is -2.55. The summed E-state index contributed by atoms with van der Waals surface area (Å²) in [4.78, 5) is 0. The molecule has 0 saturated carbocycles. The molecule has 0 atom stereocenters. The summed E-state index contributed by atoms with van der Waals surface area (Å²) in [7, 11) is 0. The van der Waals surface area contributed by atoms with Crippen LogP contribution < -0.4 is 5.32 Å². The molecule has 102 valence electrons. The highest BCUT2D eigenvalue weighted by atomic mass is 19.2. The molecule has 0 aliphatic heterocycles. The molecule has 0 saturated heterocycles. The van der Waals surface area contributed by atoms with Crippen LogP contribution in [0.5, 0.6) is 0 Å². The Morgan fingerprint density at radius 1 is 1.00 bits per heavy atom. The maximum atomic E-state index is 13.0. The Morgan fingerprint density at radius 3 is 2.25 bits per heavy atom. The van der Waals surface area contributed by atoms with Crippen molar-refractivity contribution in [1.82, 2.24) is 0 Å². The summed E-state index contributed by atoms with van der Waals surface area (Å²) in [5, 5.41) is 11.6. The van der Waals surface area contributed by atoms with E-state index in [1.807, 2.05) is 0 Å². The van der Waals surface area contributed by atoms with Gasteiger partial charge >= 0.3 is 0 Å². The second-order valence-electron chi connectivity index (χ2n) is 4.03. The molecule has 0 fully saturated rings. The maximum absolute atomic E-state index is 13.0. The molecular weight excluding hydrogens is 272 g/mol. The standard InChI is InChI=1S/C14H8F4N2/c15-10-1-2-13(9(5-10)6-19)20-7-8-3-11(16)14(18)12(17)4-8/h1-5,20H,7H2. The number of nitrogens with one attached hydrogen (secondary N) is 1. The Labute approximate surface area is 112 Å². The van der Waals surface area contributed by atoms with E-state index in [9.17, 15) is 17.6 Å². The van der Waals surface area contributed by atoms with Crippen LogP contribution >= 0.6 is 0 Å². The van der Waals surface area contributed by atoms with Gasteiger partial charge in [0.25, 0.3) is 0 Å². The lowest BCUT2D eigenvalue weighted by Crippen LogP contribution is -2.04. The van der Waals surface area contributed by atoms with Gasteiger partial charge in [0, 0.05) is 6.54 Å². The molecule has 20 heavy (non-hydrogen) atoms. The van der Waals surface area contributed by atoms with Crippen LogP contribution in [0.25, 0.3) is 0 Å². The summed E-state index contributed by atoms with van der Waals surface area (Å²) in [5.74, 6) is -4.68. The van der Waals surface area contributed by atoms with Crippen LogP contribution in [0.3, 0.4) is 0 Å². The SMILES string of the molecule is N#Cc1cc(F)ccc1NCc1cc(F)c(F)c(F)c1. The van der Waals surface area contributed by atoms with E-state index >= 15 is 0 Å². The summed E-state index contributed by atoms with van der Waals surface area (Å²) in [6.07, 6.45) is 0. The van der Waals surface area contributed by atoms with Gasteiger partial charge in [-0.25, -0.2) is 17.6 Å². The molecule has 2 aromatic rings. The summed E-state index contributed by atoms with van der Waals surface area (Å²) in [6, 6.07) is 7.01. The summed E-state index contributed by atoms with van der Waals surface area (Å²) >= 11 is 0. The van der Waals surface area contributed by atoms with Crippen molar-refractivity contribution in [2.75, 3.05) is 5.32 Å². The lowest BCUT2D eigenvalue weighted by atomic mass is 10.1. The Balaban J connectivity index is 2.19. The van der Waals surface area contributed by atoms with E-state index in [0.717, 1.165) is 24.3 Å². The van der Waals surface area contributed by atoms with Crippen molar-refractivity contribution in [3.63, 3.8) is 0 Å². The molecule has 0 spiro atoms. The molecule has 0 bridgehead atoms. The van der Waals surface area contributed by atoms with Gasteiger partial charge in [0.05, 0.1) is 11.3 Å². The summed E-state index contributed by atoms with van der Waals surface area (Å²) < 4.78 is 51.7. The third-order valence-corrected chi connectivity index (χ3v) is 2.63. The highest BCUT2D eigenvalue weighted by molar-refractivity contribution is 5.57. The van der Waals surface area contributed by atoms with Crippen LogP contribution in [-0.4, -0.2) is 0 Å². The van der Waals surface area contributed by atoms with Crippen LogP contribution in [0, 0.1) is 34.6 Å². The number of hydrogen-bond donors (Lipinski definition) is 1. The van der Waals surface area contributed by atoms with Crippen LogP contribution in [0.4, 0.5) is 23.2 Å². The predicted octanol–water partition coefficient (Wildman–Crippen LogP) is 3.73. The van der Waals surface area contributed by atoms with E-state index in [-0.39, 0.29) is 17.7 Å². The molecule has 0 aliphatic carbocycles. The third-order valence-electron chi connectivity index (χ3n) is 2.63. The van der Waals surface area contributed by atoms with E-state index in [4.69, 9.17) is 5.26 Å². The minimum atomic E-state index is -1.53. The quantitative estimate of drug-likeness (QED) is 0.687. The van der Waals surface area contributed by atoms with Crippen LogP contribution in [0.15, 0.2) is 30.3 Å².